The van der Waals surface area contributed by atoms with E-state index in [1.165, 1.54) is 4.68 Å². The summed E-state index contributed by atoms with van der Waals surface area (Å²) in [6.07, 6.45) is 1.68. The Hall–Kier alpha value is -1.21. The van der Waals surface area contributed by atoms with Crippen LogP contribution in [0.2, 0.25) is 0 Å². The van der Waals surface area contributed by atoms with Gasteiger partial charge in [0, 0.05) is 11.4 Å². The standard InChI is InChI=1S/C13H17BrN4OS/c1-8(2)6-18-13(19)12(14)10(4-17-18)15-5-11-9(3)16-7-20-11/h4,7-8,15H,5-6H2,1-3H3. The molecule has 7 heteroatoms. The lowest BCUT2D eigenvalue weighted by Crippen LogP contribution is -2.26. The number of halogens is 1. The zero-order chi connectivity index (χ0) is 14.7. The van der Waals surface area contributed by atoms with Crippen molar-refractivity contribution >= 4 is 33.0 Å². The van der Waals surface area contributed by atoms with Crippen LogP contribution >= 0.6 is 27.3 Å². The Labute approximate surface area is 130 Å². The highest BCUT2D eigenvalue weighted by Gasteiger charge is 2.10. The van der Waals surface area contributed by atoms with Gasteiger partial charge >= 0.3 is 0 Å². The van der Waals surface area contributed by atoms with E-state index in [4.69, 9.17) is 0 Å². The molecular weight excluding hydrogens is 340 g/mol. The molecule has 0 saturated carbocycles. The number of rotatable bonds is 5. The minimum Gasteiger partial charge on any atom is -0.378 e. The van der Waals surface area contributed by atoms with Crippen LogP contribution in [0, 0.1) is 12.8 Å². The summed E-state index contributed by atoms with van der Waals surface area (Å²) >= 11 is 4.95. The molecule has 0 spiro atoms. The van der Waals surface area contributed by atoms with Crippen molar-refractivity contribution in [3.8, 4) is 0 Å². The first-order valence-electron chi connectivity index (χ1n) is 6.37. The molecule has 2 rings (SSSR count). The van der Waals surface area contributed by atoms with Gasteiger partial charge in [-0.2, -0.15) is 5.10 Å². The summed E-state index contributed by atoms with van der Waals surface area (Å²) in [4.78, 5) is 17.5. The molecule has 0 fully saturated rings. The molecule has 108 valence electrons. The summed E-state index contributed by atoms with van der Waals surface area (Å²) in [5.41, 5.74) is 3.44. The molecule has 0 unspecified atom stereocenters. The summed E-state index contributed by atoms with van der Waals surface area (Å²) in [6.45, 7) is 7.35. The molecule has 5 nitrogen and oxygen atoms in total. The zero-order valence-corrected chi connectivity index (χ0v) is 14.1. The van der Waals surface area contributed by atoms with Crippen molar-refractivity contribution < 1.29 is 0 Å². The van der Waals surface area contributed by atoms with Crippen molar-refractivity contribution in [3.63, 3.8) is 0 Å². The number of hydrogen-bond donors (Lipinski definition) is 1. The van der Waals surface area contributed by atoms with Crippen LogP contribution < -0.4 is 10.9 Å². The van der Waals surface area contributed by atoms with E-state index in [0.717, 1.165) is 10.6 Å². The lowest BCUT2D eigenvalue weighted by Gasteiger charge is -2.11. The maximum Gasteiger partial charge on any atom is 0.283 e. The van der Waals surface area contributed by atoms with Crippen molar-refractivity contribution in [3.05, 3.63) is 37.1 Å². The fraction of sp³-hybridized carbons (Fsp3) is 0.462. The molecule has 0 radical (unpaired) electrons. The van der Waals surface area contributed by atoms with Crippen LogP contribution in [0.25, 0.3) is 0 Å². The number of aryl methyl sites for hydroxylation is 1. The van der Waals surface area contributed by atoms with E-state index in [1.807, 2.05) is 12.4 Å². The van der Waals surface area contributed by atoms with Crippen LogP contribution in [-0.4, -0.2) is 14.8 Å². The van der Waals surface area contributed by atoms with Gasteiger partial charge in [0.2, 0.25) is 0 Å². The second kappa shape index (κ2) is 6.49. The molecule has 0 atom stereocenters. The van der Waals surface area contributed by atoms with Gasteiger partial charge in [-0.15, -0.1) is 11.3 Å². The van der Waals surface area contributed by atoms with Crippen molar-refractivity contribution in [2.75, 3.05) is 5.32 Å². The zero-order valence-electron chi connectivity index (χ0n) is 11.7. The Kier molecular flexibility index (Phi) is 4.93. The number of nitrogens with one attached hydrogen (secondary N) is 1. The molecule has 2 heterocycles. The third-order valence-electron chi connectivity index (χ3n) is 2.81. The monoisotopic (exact) mass is 356 g/mol. The lowest BCUT2D eigenvalue weighted by molar-refractivity contribution is 0.462. The number of aromatic nitrogens is 3. The average Bonchev–Trinajstić information content (AvgIpc) is 2.79. The molecule has 2 aromatic heterocycles. The largest absolute Gasteiger partial charge is 0.378 e. The second-order valence-corrected chi connectivity index (χ2v) is 6.70. The van der Waals surface area contributed by atoms with Gasteiger partial charge < -0.3 is 5.32 Å². The van der Waals surface area contributed by atoms with Crippen molar-refractivity contribution in [2.45, 2.75) is 33.9 Å². The molecule has 1 N–H and O–H groups in total. The van der Waals surface area contributed by atoms with Crippen LogP contribution in [0.4, 0.5) is 5.69 Å². The van der Waals surface area contributed by atoms with Crippen LogP contribution in [0.3, 0.4) is 0 Å². The quantitative estimate of drug-likeness (QED) is 0.894. The highest BCUT2D eigenvalue weighted by Crippen LogP contribution is 2.19. The van der Waals surface area contributed by atoms with Gasteiger partial charge in [-0.3, -0.25) is 4.79 Å². The van der Waals surface area contributed by atoms with Gasteiger partial charge in [0.25, 0.3) is 5.56 Å². The fourth-order valence-corrected chi connectivity index (χ4v) is 2.90. The SMILES string of the molecule is Cc1ncsc1CNc1cnn(CC(C)C)c(=O)c1Br. The molecule has 2 aromatic rings. The minimum absolute atomic E-state index is 0.107. The van der Waals surface area contributed by atoms with Gasteiger partial charge in [-0.1, -0.05) is 13.8 Å². The van der Waals surface area contributed by atoms with Gasteiger partial charge in [0.15, 0.2) is 0 Å². The van der Waals surface area contributed by atoms with Gasteiger partial charge in [-0.05, 0) is 28.8 Å². The van der Waals surface area contributed by atoms with Gasteiger partial charge in [0.05, 0.1) is 29.6 Å². The maximum atomic E-state index is 12.2. The van der Waals surface area contributed by atoms with Crippen molar-refractivity contribution in [1.82, 2.24) is 14.8 Å². The van der Waals surface area contributed by atoms with E-state index >= 15 is 0 Å². The van der Waals surface area contributed by atoms with E-state index in [9.17, 15) is 4.79 Å². The first-order valence-corrected chi connectivity index (χ1v) is 8.04. The summed E-state index contributed by atoms with van der Waals surface area (Å²) in [6, 6.07) is 0. The van der Waals surface area contributed by atoms with Crippen LogP contribution in [0.1, 0.15) is 24.4 Å². The van der Waals surface area contributed by atoms with Crippen molar-refractivity contribution in [1.29, 1.82) is 0 Å². The Morgan fingerprint density at radius 2 is 2.25 bits per heavy atom. The number of anilines is 1. The number of thiazole rings is 1. The molecule has 0 bridgehead atoms. The number of hydrogen-bond acceptors (Lipinski definition) is 5. The molecule has 0 aliphatic heterocycles. The third-order valence-corrected chi connectivity index (χ3v) is 4.51. The summed E-state index contributed by atoms with van der Waals surface area (Å²) < 4.78 is 2.01. The van der Waals surface area contributed by atoms with Crippen molar-refractivity contribution in [2.24, 2.45) is 5.92 Å². The first-order chi connectivity index (χ1) is 9.49. The lowest BCUT2D eigenvalue weighted by atomic mass is 10.2. The summed E-state index contributed by atoms with van der Waals surface area (Å²) in [5, 5.41) is 7.43. The van der Waals surface area contributed by atoms with E-state index in [-0.39, 0.29) is 5.56 Å². The predicted molar refractivity (Wildman–Crippen MR) is 85.2 cm³/mol. The molecule has 0 aromatic carbocycles. The average molecular weight is 357 g/mol. The number of nitrogens with zero attached hydrogens (tertiary/aromatic N) is 3. The van der Waals surface area contributed by atoms with E-state index in [2.05, 4.69) is 45.2 Å². The fourth-order valence-electron chi connectivity index (χ4n) is 1.74. The highest BCUT2D eigenvalue weighted by atomic mass is 79.9. The van der Waals surface area contributed by atoms with Crippen LogP contribution in [0.5, 0.6) is 0 Å². The Balaban J connectivity index is 2.15. The van der Waals surface area contributed by atoms with E-state index in [1.54, 1.807) is 17.5 Å². The highest BCUT2D eigenvalue weighted by molar-refractivity contribution is 9.10. The summed E-state index contributed by atoms with van der Waals surface area (Å²) in [5.74, 6) is 0.380. The minimum atomic E-state index is -0.107. The van der Waals surface area contributed by atoms with Gasteiger partial charge in [0.1, 0.15) is 4.47 Å². The molecule has 0 amide bonds. The topological polar surface area (TPSA) is 59.8 Å². The van der Waals surface area contributed by atoms with E-state index in [0.29, 0.717) is 29.2 Å². The first kappa shape index (κ1) is 15.2. The van der Waals surface area contributed by atoms with E-state index < -0.39 is 0 Å². The summed E-state index contributed by atoms with van der Waals surface area (Å²) in [7, 11) is 0. The Bertz CT molecular complexity index is 650. The molecule has 0 saturated heterocycles. The molecule has 20 heavy (non-hydrogen) atoms. The molecule has 0 aliphatic carbocycles. The smallest absolute Gasteiger partial charge is 0.283 e. The Morgan fingerprint density at radius 1 is 1.50 bits per heavy atom. The Morgan fingerprint density at radius 3 is 2.85 bits per heavy atom. The normalized spacial score (nSPS) is 11.1. The van der Waals surface area contributed by atoms with Crippen LogP contribution in [-0.2, 0) is 13.1 Å². The third kappa shape index (κ3) is 3.46. The molecular formula is C13H17BrN4OS. The predicted octanol–water partition coefficient (Wildman–Crippen LogP) is 3.04. The molecule has 0 aliphatic rings. The second-order valence-electron chi connectivity index (χ2n) is 4.97. The maximum absolute atomic E-state index is 12.2. The van der Waals surface area contributed by atoms with Crippen LogP contribution in [0.15, 0.2) is 21.0 Å². The van der Waals surface area contributed by atoms with Gasteiger partial charge in [-0.25, -0.2) is 9.67 Å².